The van der Waals surface area contributed by atoms with E-state index in [9.17, 15) is 9.18 Å². The topological polar surface area (TPSA) is 52.3 Å². The van der Waals surface area contributed by atoms with Crippen LogP contribution < -0.4 is 10.5 Å². The van der Waals surface area contributed by atoms with E-state index in [1.807, 2.05) is 0 Å². The van der Waals surface area contributed by atoms with Gasteiger partial charge in [0.2, 0.25) is 0 Å². The number of nitrogens with two attached hydrogens (primary N) is 1. The molecule has 0 amide bonds. The number of ether oxygens (including phenoxy) is 1. The Morgan fingerprint density at radius 2 is 2.05 bits per heavy atom. The summed E-state index contributed by atoms with van der Waals surface area (Å²) in [4.78, 5) is 12.4. The van der Waals surface area contributed by atoms with Crippen LogP contribution in [0, 0.1) is 11.7 Å². The third-order valence-corrected chi connectivity index (χ3v) is 3.84. The molecule has 104 valence electrons. The van der Waals surface area contributed by atoms with Gasteiger partial charge in [-0.2, -0.15) is 0 Å². The highest BCUT2D eigenvalue weighted by atomic mass is 19.1. The summed E-state index contributed by atoms with van der Waals surface area (Å²) in [6.45, 7) is 0. The predicted molar refractivity (Wildman–Crippen MR) is 71.8 cm³/mol. The first kappa shape index (κ1) is 14.0. The van der Waals surface area contributed by atoms with Crippen LogP contribution in [-0.4, -0.2) is 18.9 Å². The largest absolute Gasteiger partial charge is 0.494 e. The lowest BCUT2D eigenvalue weighted by atomic mass is 9.87. The van der Waals surface area contributed by atoms with E-state index in [0.717, 1.165) is 32.1 Å². The highest BCUT2D eigenvalue weighted by molar-refractivity contribution is 5.98. The minimum absolute atomic E-state index is 0.0454. The van der Waals surface area contributed by atoms with E-state index in [1.165, 1.54) is 19.2 Å². The lowest BCUT2D eigenvalue weighted by molar-refractivity contribution is 0.0894. The van der Waals surface area contributed by atoms with Crippen LogP contribution in [0.1, 0.15) is 42.5 Å². The quantitative estimate of drug-likeness (QED) is 0.675. The molecule has 0 aliphatic heterocycles. The van der Waals surface area contributed by atoms with Gasteiger partial charge in [-0.1, -0.05) is 19.3 Å². The minimum atomic E-state index is -0.504. The van der Waals surface area contributed by atoms with Crippen LogP contribution in [0.3, 0.4) is 0 Å². The van der Waals surface area contributed by atoms with Gasteiger partial charge in [0.1, 0.15) is 0 Å². The summed E-state index contributed by atoms with van der Waals surface area (Å²) in [6.07, 6.45) is 4.88. The van der Waals surface area contributed by atoms with Crippen molar-refractivity contribution in [1.82, 2.24) is 0 Å². The molecule has 1 aromatic carbocycles. The maximum Gasteiger partial charge on any atom is 0.167 e. The third kappa shape index (κ3) is 3.13. The number of carbonyl (C=O) groups is 1. The van der Waals surface area contributed by atoms with Crippen LogP contribution in [0.5, 0.6) is 5.75 Å². The van der Waals surface area contributed by atoms with Gasteiger partial charge in [-0.05, 0) is 31.0 Å². The zero-order chi connectivity index (χ0) is 13.8. The molecule has 1 saturated carbocycles. The summed E-state index contributed by atoms with van der Waals surface area (Å²) >= 11 is 0. The first-order valence-electron chi connectivity index (χ1n) is 6.77. The zero-order valence-corrected chi connectivity index (χ0v) is 11.2. The van der Waals surface area contributed by atoms with Crippen molar-refractivity contribution in [3.05, 3.63) is 29.6 Å². The smallest absolute Gasteiger partial charge is 0.167 e. The summed E-state index contributed by atoms with van der Waals surface area (Å²) in [5.74, 6) is -0.580. The van der Waals surface area contributed by atoms with Gasteiger partial charge in [-0.15, -0.1) is 0 Å². The molecular weight excluding hydrogens is 245 g/mol. The molecule has 0 bridgehead atoms. The summed E-state index contributed by atoms with van der Waals surface area (Å²) in [5, 5.41) is 0. The molecule has 0 heterocycles. The molecule has 2 N–H and O–H groups in total. The Kier molecular flexibility index (Phi) is 4.53. The van der Waals surface area contributed by atoms with Crippen LogP contribution in [0.4, 0.5) is 4.39 Å². The highest BCUT2D eigenvalue weighted by Gasteiger charge is 2.28. The third-order valence-electron chi connectivity index (χ3n) is 3.84. The summed E-state index contributed by atoms with van der Waals surface area (Å²) in [7, 11) is 1.40. The van der Waals surface area contributed by atoms with E-state index in [1.54, 1.807) is 6.07 Å². The number of methoxy groups -OCH3 is 1. The summed E-state index contributed by atoms with van der Waals surface area (Å²) in [5.41, 5.74) is 6.46. The summed E-state index contributed by atoms with van der Waals surface area (Å²) < 4.78 is 18.5. The predicted octanol–water partition coefficient (Wildman–Crippen LogP) is 2.92. The van der Waals surface area contributed by atoms with E-state index in [4.69, 9.17) is 10.5 Å². The van der Waals surface area contributed by atoms with E-state index in [-0.39, 0.29) is 23.5 Å². The highest BCUT2D eigenvalue weighted by Crippen LogP contribution is 2.27. The van der Waals surface area contributed by atoms with Crippen LogP contribution in [0.25, 0.3) is 0 Å². The number of halogens is 1. The van der Waals surface area contributed by atoms with Crippen molar-refractivity contribution in [2.24, 2.45) is 11.7 Å². The molecule has 0 radical (unpaired) electrons. The monoisotopic (exact) mass is 265 g/mol. The van der Waals surface area contributed by atoms with Gasteiger partial charge >= 0.3 is 0 Å². The number of carbonyl (C=O) groups excluding carboxylic acids is 1. The molecule has 19 heavy (non-hydrogen) atoms. The molecule has 1 fully saturated rings. The fourth-order valence-corrected chi connectivity index (χ4v) is 2.70. The molecule has 4 heteroatoms. The molecule has 2 unspecified atom stereocenters. The summed E-state index contributed by atoms with van der Waals surface area (Å²) in [6, 6.07) is 4.24. The number of ketones is 1. The molecule has 0 saturated heterocycles. The number of hydrogen-bond acceptors (Lipinski definition) is 3. The SMILES string of the molecule is COc1ccc(C(=O)C2CCCCCC2N)cc1F. The van der Waals surface area contributed by atoms with E-state index in [0.29, 0.717) is 5.56 Å². The van der Waals surface area contributed by atoms with Gasteiger partial charge in [0.15, 0.2) is 17.3 Å². The van der Waals surface area contributed by atoms with Crippen molar-refractivity contribution in [3.8, 4) is 5.75 Å². The van der Waals surface area contributed by atoms with Crippen molar-refractivity contribution < 1.29 is 13.9 Å². The Labute approximate surface area is 112 Å². The Balaban J connectivity index is 2.20. The lowest BCUT2D eigenvalue weighted by Crippen LogP contribution is -2.34. The second kappa shape index (κ2) is 6.15. The number of hydrogen-bond donors (Lipinski definition) is 1. The Morgan fingerprint density at radius 3 is 2.74 bits per heavy atom. The zero-order valence-electron chi connectivity index (χ0n) is 11.2. The van der Waals surface area contributed by atoms with Gasteiger partial charge in [-0.25, -0.2) is 4.39 Å². The minimum Gasteiger partial charge on any atom is -0.494 e. The van der Waals surface area contributed by atoms with Crippen molar-refractivity contribution >= 4 is 5.78 Å². The maximum atomic E-state index is 13.6. The van der Waals surface area contributed by atoms with Crippen molar-refractivity contribution in [2.75, 3.05) is 7.11 Å². The number of rotatable bonds is 3. The Hall–Kier alpha value is -1.42. The van der Waals surface area contributed by atoms with Crippen molar-refractivity contribution in [1.29, 1.82) is 0 Å². The number of benzene rings is 1. The van der Waals surface area contributed by atoms with Gasteiger partial charge in [0.05, 0.1) is 7.11 Å². The van der Waals surface area contributed by atoms with Crippen LogP contribution in [-0.2, 0) is 0 Å². The second-order valence-corrected chi connectivity index (χ2v) is 5.12. The molecule has 0 spiro atoms. The fourth-order valence-electron chi connectivity index (χ4n) is 2.70. The van der Waals surface area contributed by atoms with Crippen LogP contribution >= 0.6 is 0 Å². The molecule has 1 aliphatic carbocycles. The molecule has 3 nitrogen and oxygen atoms in total. The van der Waals surface area contributed by atoms with E-state index >= 15 is 0 Å². The maximum absolute atomic E-state index is 13.6. The van der Waals surface area contributed by atoms with E-state index < -0.39 is 5.82 Å². The number of Topliss-reactive ketones (excluding diaryl/α,β-unsaturated/α-hetero) is 1. The standard InChI is InChI=1S/C15H20FNO2/c1-19-14-8-7-10(9-12(14)16)15(18)11-5-3-2-4-6-13(11)17/h7-9,11,13H,2-6,17H2,1H3. The molecule has 1 aromatic rings. The van der Waals surface area contributed by atoms with Crippen LogP contribution in [0.2, 0.25) is 0 Å². The van der Waals surface area contributed by atoms with Crippen LogP contribution in [0.15, 0.2) is 18.2 Å². The average Bonchev–Trinajstić information content (AvgIpc) is 2.62. The second-order valence-electron chi connectivity index (χ2n) is 5.12. The molecule has 2 atom stereocenters. The molecular formula is C15H20FNO2. The molecule has 1 aliphatic rings. The fraction of sp³-hybridized carbons (Fsp3) is 0.533. The van der Waals surface area contributed by atoms with Crippen molar-refractivity contribution in [3.63, 3.8) is 0 Å². The first-order chi connectivity index (χ1) is 9.13. The van der Waals surface area contributed by atoms with Gasteiger partial charge < -0.3 is 10.5 Å². The normalized spacial score (nSPS) is 23.7. The van der Waals surface area contributed by atoms with Gasteiger partial charge in [0, 0.05) is 17.5 Å². The first-order valence-corrected chi connectivity index (χ1v) is 6.77. The van der Waals surface area contributed by atoms with E-state index in [2.05, 4.69) is 0 Å². The Morgan fingerprint density at radius 1 is 1.32 bits per heavy atom. The van der Waals surface area contributed by atoms with Gasteiger partial charge in [0.25, 0.3) is 0 Å². The van der Waals surface area contributed by atoms with Crippen molar-refractivity contribution in [2.45, 2.75) is 38.1 Å². The van der Waals surface area contributed by atoms with Gasteiger partial charge in [-0.3, -0.25) is 4.79 Å². The average molecular weight is 265 g/mol. The lowest BCUT2D eigenvalue weighted by Gasteiger charge is -2.20. The molecule has 0 aromatic heterocycles. The Bertz CT molecular complexity index is 461. The molecule has 2 rings (SSSR count).